The third kappa shape index (κ3) is 4.46. The number of carbonyl (C=O) groups is 2. The van der Waals surface area contributed by atoms with Crippen LogP contribution in [0, 0.1) is 19.7 Å². The van der Waals surface area contributed by atoms with Crippen LogP contribution in [0.5, 0.6) is 0 Å². The zero-order valence-corrected chi connectivity index (χ0v) is 19.6. The predicted molar refractivity (Wildman–Crippen MR) is 127 cm³/mol. The zero-order chi connectivity index (χ0) is 23.9. The molecule has 2 heterocycles. The Bertz CT molecular complexity index is 1250. The van der Waals surface area contributed by atoms with Gasteiger partial charge in [0, 0.05) is 17.1 Å². The summed E-state index contributed by atoms with van der Waals surface area (Å²) in [4.78, 5) is 26.4. The molecule has 1 N–H and O–H groups in total. The van der Waals surface area contributed by atoms with Crippen LogP contribution >= 0.6 is 0 Å². The average Bonchev–Trinajstić information content (AvgIpc) is 3.18. The number of carbonyl (C=O) groups excluding carboxylic acids is 2. The van der Waals surface area contributed by atoms with Gasteiger partial charge in [0.25, 0.3) is 5.91 Å². The standard InChI is InChI=1S/C27H28FN3O2/c1-17-14-20(18(2)31(17)23-12-8-21(9-13-23)27(3,4)5)15-24-25(32)30(26(33)29-24)16-19-6-10-22(28)11-7-19/h6-15H,16H2,1-5H3,(H,29,33)/b24-15-. The fraction of sp³-hybridized carbons (Fsp3) is 0.259. The average molecular weight is 446 g/mol. The quantitative estimate of drug-likeness (QED) is 0.418. The molecule has 3 amide bonds. The van der Waals surface area contributed by atoms with Crippen LogP contribution in [0.1, 0.15) is 48.8 Å². The largest absolute Gasteiger partial charge is 0.329 e. The number of nitrogens with zero attached hydrogens (tertiary/aromatic N) is 2. The molecule has 0 radical (unpaired) electrons. The van der Waals surface area contributed by atoms with E-state index >= 15 is 0 Å². The maximum atomic E-state index is 13.2. The Labute approximate surface area is 193 Å². The molecule has 0 unspecified atom stereocenters. The lowest BCUT2D eigenvalue weighted by Gasteiger charge is -2.20. The molecule has 6 heteroatoms. The summed E-state index contributed by atoms with van der Waals surface area (Å²) >= 11 is 0. The smallest absolute Gasteiger partial charge is 0.318 e. The molecule has 2 aromatic carbocycles. The van der Waals surface area contributed by atoms with Crippen LogP contribution in [-0.2, 0) is 16.8 Å². The van der Waals surface area contributed by atoms with Gasteiger partial charge in [-0.05, 0) is 72.4 Å². The van der Waals surface area contributed by atoms with Crippen LogP contribution in [0.4, 0.5) is 9.18 Å². The molecule has 1 aliphatic heterocycles. The first-order valence-corrected chi connectivity index (χ1v) is 10.9. The molecule has 1 aliphatic rings. The summed E-state index contributed by atoms with van der Waals surface area (Å²) in [7, 11) is 0. The number of nitrogens with one attached hydrogen (secondary N) is 1. The zero-order valence-electron chi connectivity index (χ0n) is 19.6. The third-order valence-corrected chi connectivity index (χ3v) is 5.98. The van der Waals surface area contributed by atoms with E-state index in [0.29, 0.717) is 5.56 Å². The minimum Gasteiger partial charge on any atom is -0.318 e. The number of imide groups is 1. The highest BCUT2D eigenvalue weighted by Crippen LogP contribution is 2.27. The van der Waals surface area contributed by atoms with E-state index in [9.17, 15) is 14.0 Å². The van der Waals surface area contributed by atoms with E-state index in [-0.39, 0.29) is 23.5 Å². The van der Waals surface area contributed by atoms with Gasteiger partial charge in [-0.15, -0.1) is 0 Å². The first-order valence-electron chi connectivity index (χ1n) is 10.9. The molecule has 1 saturated heterocycles. The summed E-state index contributed by atoms with van der Waals surface area (Å²) in [6, 6.07) is 15.8. The van der Waals surface area contributed by atoms with E-state index < -0.39 is 11.9 Å². The number of aryl methyl sites for hydroxylation is 1. The van der Waals surface area contributed by atoms with Crippen LogP contribution < -0.4 is 5.32 Å². The van der Waals surface area contributed by atoms with E-state index in [2.05, 4.69) is 54.9 Å². The van der Waals surface area contributed by atoms with Gasteiger partial charge in [0.05, 0.1) is 6.54 Å². The van der Waals surface area contributed by atoms with Crippen LogP contribution in [0.2, 0.25) is 0 Å². The minimum atomic E-state index is -0.484. The number of urea groups is 1. The Morgan fingerprint density at radius 3 is 2.21 bits per heavy atom. The molecule has 0 spiro atoms. The third-order valence-electron chi connectivity index (χ3n) is 5.98. The highest BCUT2D eigenvalue weighted by Gasteiger charge is 2.33. The molecule has 1 fully saturated rings. The van der Waals surface area contributed by atoms with Gasteiger partial charge >= 0.3 is 6.03 Å². The van der Waals surface area contributed by atoms with Gasteiger partial charge in [0.15, 0.2) is 0 Å². The first-order chi connectivity index (χ1) is 15.5. The summed E-state index contributed by atoms with van der Waals surface area (Å²) in [5.41, 5.74) is 6.16. The topological polar surface area (TPSA) is 54.3 Å². The number of rotatable bonds is 4. The molecule has 170 valence electrons. The second-order valence-corrected chi connectivity index (χ2v) is 9.46. The van der Waals surface area contributed by atoms with Crippen molar-refractivity contribution in [3.8, 4) is 5.69 Å². The van der Waals surface area contributed by atoms with Gasteiger partial charge < -0.3 is 9.88 Å². The van der Waals surface area contributed by atoms with Crippen molar-refractivity contribution in [3.63, 3.8) is 0 Å². The molecule has 1 aromatic heterocycles. The van der Waals surface area contributed by atoms with Crippen LogP contribution in [0.25, 0.3) is 11.8 Å². The Balaban J connectivity index is 1.60. The number of benzene rings is 2. The molecule has 0 atom stereocenters. The van der Waals surface area contributed by atoms with Gasteiger partial charge in [-0.2, -0.15) is 0 Å². The maximum Gasteiger partial charge on any atom is 0.329 e. The molecule has 5 nitrogen and oxygen atoms in total. The number of aromatic nitrogens is 1. The van der Waals surface area contributed by atoms with Crippen LogP contribution in [0.3, 0.4) is 0 Å². The molecule has 3 aromatic rings. The lowest BCUT2D eigenvalue weighted by molar-refractivity contribution is -0.123. The summed E-state index contributed by atoms with van der Waals surface area (Å²) in [6.07, 6.45) is 1.72. The highest BCUT2D eigenvalue weighted by atomic mass is 19.1. The predicted octanol–water partition coefficient (Wildman–Crippen LogP) is 5.62. The number of hydrogen-bond acceptors (Lipinski definition) is 2. The Morgan fingerprint density at radius 1 is 0.970 bits per heavy atom. The first kappa shape index (κ1) is 22.5. The lowest BCUT2D eigenvalue weighted by atomic mass is 9.87. The number of hydrogen-bond donors (Lipinski definition) is 1. The van der Waals surface area contributed by atoms with Gasteiger partial charge in [-0.25, -0.2) is 9.18 Å². The van der Waals surface area contributed by atoms with E-state index in [4.69, 9.17) is 0 Å². The molecule has 0 bridgehead atoms. The van der Waals surface area contributed by atoms with Gasteiger partial charge in [-0.1, -0.05) is 45.0 Å². The SMILES string of the molecule is Cc1cc(/C=C2\NC(=O)N(Cc3ccc(F)cc3)C2=O)c(C)n1-c1ccc(C(C)(C)C)cc1. The maximum absolute atomic E-state index is 13.2. The van der Waals surface area contributed by atoms with E-state index in [1.807, 2.05) is 19.9 Å². The van der Waals surface area contributed by atoms with E-state index in [1.165, 1.54) is 17.7 Å². The van der Waals surface area contributed by atoms with Crippen molar-refractivity contribution < 1.29 is 14.0 Å². The Kier molecular flexibility index (Phi) is 5.70. The van der Waals surface area contributed by atoms with Gasteiger partial charge in [0.1, 0.15) is 11.5 Å². The van der Waals surface area contributed by atoms with Gasteiger partial charge in [-0.3, -0.25) is 9.69 Å². The Hall–Kier alpha value is -3.67. The number of halogens is 1. The monoisotopic (exact) mass is 445 g/mol. The lowest BCUT2D eigenvalue weighted by Crippen LogP contribution is -2.30. The normalized spacial score (nSPS) is 15.5. The van der Waals surface area contributed by atoms with Crippen molar-refractivity contribution in [2.24, 2.45) is 0 Å². The summed E-state index contributed by atoms with van der Waals surface area (Å²) < 4.78 is 15.3. The van der Waals surface area contributed by atoms with Gasteiger partial charge in [0.2, 0.25) is 0 Å². The fourth-order valence-corrected chi connectivity index (χ4v) is 4.08. The summed E-state index contributed by atoms with van der Waals surface area (Å²) in [5.74, 6) is -0.761. The van der Waals surface area contributed by atoms with Crippen molar-refractivity contribution in [2.45, 2.75) is 46.6 Å². The fourth-order valence-electron chi connectivity index (χ4n) is 4.08. The number of amides is 3. The van der Waals surface area contributed by atoms with Crippen LogP contribution in [-0.4, -0.2) is 21.4 Å². The molecule has 4 rings (SSSR count). The second-order valence-electron chi connectivity index (χ2n) is 9.46. The summed E-state index contributed by atoms with van der Waals surface area (Å²) in [6.45, 7) is 10.7. The van der Waals surface area contributed by atoms with Crippen molar-refractivity contribution in [1.29, 1.82) is 0 Å². The van der Waals surface area contributed by atoms with Crippen LogP contribution in [0.15, 0.2) is 60.3 Å². The van der Waals surface area contributed by atoms with Crippen molar-refractivity contribution >= 4 is 18.0 Å². The summed E-state index contributed by atoms with van der Waals surface area (Å²) in [5, 5.41) is 2.67. The van der Waals surface area contributed by atoms with E-state index in [0.717, 1.165) is 27.5 Å². The molecule has 0 aliphatic carbocycles. The second kappa shape index (κ2) is 8.35. The minimum absolute atomic E-state index is 0.0791. The molecular formula is C27H28FN3O2. The molecular weight excluding hydrogens is 417 g/mol. The van der Waals surface area contributed by atoms with Crippen molar-refractivity contribution in [3.05, 3.63) is 94.2 Å². The molecule has 33 heavy (non-hydrogen) atoms. The highest BCUT2D eigenvalue weighted by molar-refractivity contribution is 6.14. The molecule has 0 saturated carbocycles. The Morgan fingerprint density at radius 2 is 1.61 bits per heavy atom. The van der Waals surface area contributed by atoms with Crippen molar-refractivity contribution in [1.82, 2.24) is 14.8 Å². The van der Waals surface area contributed by atoms with Crippen molar-refractivity contribution in [2.75, 3.05) is 0 Å². The van der Waals surface area contributed by atoms with E-state index in [1.54, 1.807) is 18.2 Å².